The highest BCUT2D eigenvalue weighted by Gasteiger charge is 2.35. The summed E-state index contributed by atoms with van der Waals surface area (Å²) < 4.78 is 21.1. The maximum Gasteiger partial charge on any atom is 0.410 e. The summed E-state index contributed by atoms with van der Waals surface area (Å²) in [6, 6.07) is 29.7. The number of ether oxygens (including phenoxy) is 1. The highest BCUT2D eigenvalue weighted by Crippen LogP contribution is 2.36. The van der Waals surface area contributed by atoms with Gasteiger partial charge in [0.1, 0.15) is 12.4 Å². The second-order valence-corrected chi connectivity index (χ2v) is 11.8. The molecule has 6 rings (SSSR count). The molecule has 1 aliphatic rings. The summed E-state index contributed by atoms with van der Waals surface area (Å²) in [6.07, 6.45) is 1.28. The predicted octanol–water partition coefficient (Wildman–Crippen LogP) is 8.50. The van der Waals surface area contributed by atoms with Crippen molar-refractivity contribution in [3.8, 4) is 5.69 Å². The minimum atomic E-state index is -0.555. The molecule has 1 N–H and O–H groups in total. The van der Waals surface area contributed by atoms with Crippen LogP contribution in [0.3, 0.4) is 0 Å². The Labute approximate surface area is 275 Å². The summed E-state index contributed by atoms with van der Waals surface area (Å²) >= 11 is 12.9. The first-order valence-corrected chi connectivity index (χ1v) is 15.4. The first kappa shape index (κ1) is 31.1. The number of carbonyl (C=O) groups excluding carboxylic acids is 2. The Hall–Kier alpha value is -4.92. The Balaban J connectivity index is 1.45. The van der Waals surface area contributed by atoms with Crippen molar-refractivity contribution < 1.29 is 18.7 Å². The number of benzene rings is 4. The Kier molecular flexibility index (Phi) is 9.19. The number of halogens is 3. The van der Waals surface area contributed by atoms with Crippen LogP contribution in [0.5, 0.6) is 0 Å². The highest BCUT2D eigenvalue weighted by molar-refractivity contribution is 6.35. The molecule has 2 amide bonds. The number of rotatable bonds is 7. The molecule has 0 saturated carbocycles. The summed E-state index contributed by atoms with van der Waals surface area (Å²) in [5.41, 5.74) is 4.86. The lowest BCUT2D eigenvalue weighted by Gasteiger charge is -2.29. The zero-order chi connectivity index (χ0) is 32.2. The first-order chi connectivity index (χ1) is 22.3. The minimum Gasteiger partial charge on any atom is -0.445 e. The molecule has 10 heteroatoms. The number of hydrogen-bond donors (Lipinski definition) is 1. The largest absolute Gasteiger partial charge is 0.445 e. The fourth-order valence-electron chi connectivity index (χ4n) is 5.37. The van der Waals surface area contributed by atoms with E-state index in [2.05, 4.69) is 5.32 Å². The van der Waals surface area contributed by atoms with Gasteiger partial charge < -0.3 is 10.1 Å². The third-order valence-corrected chi connectivity index (χ3v) is 8.21. The molecule has 5 aromatic rings. The van der Waals surface area contributed by atoms with Gasteiger partial charge in [-0.3, -0.25) is 9.69 Å². The highest BCUT2D eigenvalue weighted by atomic mass is 35.5. The third kappa shape index (κ3) is 6.83. The van der Waals surface area contributed by atoms with Gasteiger partial charge in [-0.2, -0.15) is 5.10 Å². The van der Waals surface area contributed by atoms with Gasteiger partial charge in [0.05, 0.1) is 35.5 Å². The van der Waals surface area contributed by atoms with Crippen LogP contribution < -0.4 is 5.32 Å². The van der Waals surface area contributed by atoms with E-state index in [1.807, 2.05) is 73.7 Å². The van der Waals surface area contributed by atoms with Crippen LogP contribution in [0.1, 0.15) is 51.4 Å². The van der Waals surface area contributed by atoms with Crippen molar-refractivity contribution in [1.29, 1.82) is 0 Å². The SMILES string of the molecule is C[C@@H](NC(=O)c1nn(-c2ccc(Cl)cc2Cl)c2c1CN(C(=O)OCc1ccccc1)CC2=Cc1ccc(F)cc1)c1ccccc1. The number of nitrogens with one attached hydrogen (secondary N) is 1. The lowest BCUT2D eigenvalue weighted by atomic mass is 9.97. The molecule has 1 aliphatic heterocycles. The van der Waals surface area contributed by atoms with Crippen molar-refractivity contribution in [1.82, 2.24) is 20.0 Å². The van der Waals surface area contributed by atoms with E-state index in [0.29, 0.717) is 38.1 Å². The molecule has 0 aliphatic carbocycles. The average Bonchev–Trinajstić information content (AvgIpc) is 3.45. The normalized spacial score (nSPS) is 14.1. The molecule has 1 aromatic heterocycles. The van der Waals surface area contributed by atoms with Crippen LogP contribution in [0.15, 0.2) is 103 Å². The summed E-state index contributed by atoms with van der Waals surface area (Å²) in [5.74, 6) is -0.792. The molecule has 7 nitrogen and oxygen atoms in total. The van der Waals surface area contributed by atoms with Gasteiger partial charge >= 0.3 is 6.09 Å². The Bertz CT molecular complexity index is 1910. The van der Waals surface area contributed by atoms with E-state index in [9.17, 15) is 14.0 Å². The van der Waals surface area contributed by atoms with Gasteiger partial charge in [0.25, 0.3) is 5.91 Å². The summed E-state index contributed by atoms with van der Waals surface area (Å²) in [7, 11) is 0. The minimum absolute atomic E-state index is 0.0530. The van der Waals surface area contributed by atoms with Crippen molar-refractivity contribution in [3.63, 3.8) is 0 Å². The molecule has 0 bridgehead atoms. The molecule has 2 heterocycles. The maximum absolute atomic E-state index is 13.9. The van der Waals surface area contributed by atoms with E-state index in [0.717, 1.165) is 11.1 Å². The lowest BCUT2D eigenvalue weighted by Crippen LogP contribution is -2.37. The molecular formula is C36H29Cl2FN4O3. The maximum atomic E-state index is 13.9. The summed E-state index contributed by atoms with van der Waals surface area (Å²) in [5, 5.41) is 8.61. The molecule has 1 atom stereocenters. The standard InChI is InChI=1S/C36H29Cl2FN4O3/c1-23(26-10-6-3-7-11-26)40-35(44)33-30-21-42(36(45)46-22-25-8-4-2-5-9-25)20-27(18-24-12-15-29(39)16-13-24)34(30)43(41-33)32-17-14-28(37)19-31(32)38/h2-19,23H,20-22H2,1H3,(H,40,44)/t23-/m1/s1. The number of carbonyl (C=O) groups is 2. The number of amides is 2. The van der Waals surface area contributed by atoms with Crippen molar-refractivity contribution in [2.24, 2.45) is 0 Å². The van der Waals surface area contributed by atoms with Gasteiger partial charge in [0.15, 0.2) is 5.69 Å². The molecule has 0 radical (unpaired) electrons. The fraction of sp³-hybridized carbons (Fsp3) is 0.139. The molecule has 0 unspecified atom stereocenters. The summed E-state index contributed by atoms with van der Waals surface area (Å²) in [6.45, 7) is 2.16. The van der Waals surface area contributed by atoms with Gasteiger partial charge in [-0.25, -0.2) is 13.9 Å². The monoisotopic (exact) mass is 654 g/mol. The van der Waals surface area contributed by atoms with Crippen molar-refractivity contribution >= 4 is 46.9 Å². The van der Waals surface area contributed by atoms with Crippen molar-refractivity contribution in [2.45, 2.75) is 26.1 Å². The van der Waals surface area contributed by atoms with Crippen LogP contribution in [0.25, 0.3) is 17.3 Å². The zero-order valence-corrected chi connectivity index (χ0v) is 26.3. The van der Waals surface area contributed by atoms with Crippen molar-refractivity contribution in [2.75, 3.05) is 6.54 Å². The molecule has 46 heavy (non-hydrogen) atoms. The molecule has 0 fully saturated rings. The topological polar surface area (TPSA) is 76.5 Å². The first-order valence-electron chi connectivity index (χ1n) is 14.6. The third-order valence-electron chi connectivity index (χ3n) is 7.67. The zero-order valence-electron chi connectivity index (χ0n) is 24.8. The number of hydrogen-bond acceptors (Lipinski definition) is 4. The quantitative estimate of drug-likeness (QED) is 0.191. The van der Waals surface area contributed by atoms with Gasteiger partial charge in [-0.15, -0.1) is 0 Å². The second-order valence-electron chi connectivity index (χ2n) is 10.9. The lowest BCUT2D eigenvalue weighted by molar-refractivity contribution is 0.0916. The molecular weight excluding hydrogens is 626 g/mol. The van der Waals surface area contributed by atoms with Crippen LogP contribution in [-0.4, -0.2) is 33.2 Å². The Morgan fingerprint density at radius 1 is 0.957 bits per heavy atom. The van der Waals surface area contributed by atoms with Crippen LogP contribution in [0.2, 0.25) is 10.0 Å². The average molecular weight is 656 g/mol. The summed E-state index contributed by atoms with van der Waals surface area (Å²) in [4.78, 5) is 29.0. The fourth-order valence-corrected chi connectivity index (χ4v) is 5.86. The number of aromatic nitrogens is 2. The van der Waals surface area contributed by atoms with Gasteiger partial charge in [0.2, 0.25) is 0 Å². The smallest absolute Gasteiger partial charge is 0.410 e. The van der Waals surface area contributed by atoms with Crippen LogP contribution in [0, 0.1) is 5.82 Å². The van der Waals surface area contributed by atoms with E-state index in [1.54, 1.807) is 35.0 Å². The van der Waals surface area contributed by atoms with E-state index in [1.165, 1.54) is 17.0 Å². The van der Waals surface area contributed by atoms with E-state index >= 15 is 0 Å². The molecule has 232 valence electrons. The number of fused-ring (bicyclic) bond motifs is 1. The van der Waals surface area contributed by atoms with Crippen LogP contribution in [-0.2, 0) is 17.9 Å². The molecule has 4 aromatic carbocycles. The van der Waals surface area contributed by atoms with Gasteiger partial charge in [0, 0.05) is 10.6 Å². The number of nitrogens with zero attached hydrogens (tertiary/aromatic N) is 3. The van der Waals surface area contributed by atoms with E-state index in [4.69, 9.17) is 33.0 Å². The predicted molar refractivity (Wildman–Crippen MR) is 177 cm³/mol. The van der Waals surface area contributed by atoms with Gasteiger partial charge in [-0.1, -0.05) is 96.0 Å². The Morgan fingerprint density at radius 3 is 2.35 bits per heavy atom. The van der Waals surface area contributed by atoms with Crippen LogP contribution in [0.4, 0.5) is 9.18 Å². The molecule has 0 spiro atoms. The van der Waals surface area contributed by atoms with Crippen LogP contribution >= 0.6 is 23.2 Å². The second kappa shape index (κ2) is 13.6. The van der Waals surface area contributed by atoms with Gasteiger partial charge in [-0.05, 0) is 65.6 Å². The van der Waals surface area contributed by atoms with E-state index < -0.39 is 12.0 Å². The van der Waals surface area contributed by atoms with E-state index in [-0.39, 0.29) is 37.2 Å². The Morgan fingerprint density at radius 2 is 1.65 bits per heavy atom. The molecule has 0 saturated heterocycles. The van der Waals surface area contributed by atoms with Crippen molar-refractivity contribution in [3.05, 3.63) is 153 Å².